The molecule has 1 N–H and O–H groups in total. The maximum Gasteiger partial charge on any atom is 0.194 e. The first-order chi connectivity index (χ1) is 7.61. The summed E-state index contributed by atoms with van der Waals surface area (Å²) in [5.74, 6) is -3.31. The lowest BCUT2D eigenvalue weighted by Gasteiger charge is -2.30. The van der Waals surface area contributed by atoms with Gasteiger partial charge >= 0.3 is 0 Å². The molecule has 5 heteroatoms. The Balaban J connectivity index is 0.00000144. The third-order valence-corrected chi connectivity index (χ3v) is 3.25. The summed E-state index contributed by atoms with van der Waals surface area (Å²) in [5, 5.41) is 3.19. The van der Waals surface area contributed by atoms with Gasteiger partial charge in [0.1, 0.15) is 0 Å². The highest BCUT2D eigenvalue weighted by atomic mass is 35.5. The van der Waals surface area contributed by atoms with Crippen molar-refractivity contribution in [3.8, 4) is 0 Å². The Labute approximate surface area is 105 Å². The molecule has 0 aliphatic carbocycles. The van der Waals surface area contributed by atoms with Crippen molar-refractivity contribution in [3.05, 3.63) is 35.1 Å². The van der Waals surface area contributed by atoms with Crippen LogP contribution in [-0.4, -0.2) is 13.1 Å². The van der Waals surface area contributed by atoms with Crippen LogP contribution in [0.5, 0.6) is 0 Å². The Kier molecular flexibility index (Phi) is 4.83. The van der Waals surface area contributed by atoms with Gasteiger partial charge < -0.3 is 5.32 Å². The molecule has 2 rings (SSSR count). The fraction of sp³-hybridized carbons (Fsp3) is 0.500. The molecule has 0 unspecified atom stereocenters. The molecule has 1 aromatic carbocycles. The summed E-state index contributed by atoms with van der Waals surface area (Å²) in [6, 6.07) is 2.36. The average molecular weight is 266 g/mol. The maximum atomic E-state index is 13.6. The van der Waals surface area contributed by atoms with Crippen LogP contribution in [0.2, 0.25) is 0 Å². The van der Waals surface area contributed by atoms with Gasteiger partial charge in [-0.1, -0.05) is 13.0 Å². The number of benzene rings is 1. The molecule has 1 fully saturated rings. The quantitative estimate of drug-likeness (QED) is 0.769. The molecule has 1 nitrogen and oxygen atoms in total. The third-order valence-electron chi connectivity index (χ3n) is 3.25. The SMILES string of the molecule is C[C@H]1CNCC[C@H]1c1ccc(F)c(F)c1F.Cl. The molecule has 17 heavy (non-hydrogen) atoms. The van der Waals surface area contributed by atoms with E-state index in [0.29, 0.717) is 5.56 Å². The molecular formula is C12H15ClF3N. The van der Waals surface area contributed by atoms with Crippen LogP contribution in [0.25, 0.3) is 0 Å². The van der Waals surface area contributed by atoms with Crippen molar-refractivity contribution >= 4 is 12.4 Å². The highest BCUT2D eigenvalue weighted by Crippen LogP contribution is 2.32. The molecule has 0 amide bonds. The van der Waals surface area contributed by atoms with E-state index in [4.69, 9.17) is 0 Å². The zero-order valence-corrected chi connectivity index (χ0v) is 10.3. The van der Waals surface area contributed by atoms with Gasteiger partial charge in [0, 0.05) is 0 Å². The number of nitrogens with one attached hydrogen (secondary N) is 1. The topological polar surface area (TPSA) is 12.0 Å². The highest BCUT2D eigenvalue weighted by molar-refractivity contribution is 5.85. The fourth-order valence-corrected chi connectivity index (χ4v) is 2.30. The molecule has 1 aromatic rings. The van der Waals surface area contributed by atoms with E-state index in [1.165, 1.54) is 6.07 Å². The van der Waals surface area contributed by atoms with Gasteiger partial charge in [-0.15, -0.1) is 12.4 Å². The minimum atomic E-state index is -1.36. The molecule has 1 aliphatic rings. The molecule has 0 radical (unpaired) electrons. The normalized spacial score (nSPS) is 24.2. The maximum absolute atomic E-state index is 13.6. The van der Waals surface area contributed by atoms with Crippen LogP contribution < -0.4 is 5.32 Å². The number of halogens is 4. The van der Waals surface area contributed by atoms with Gasteiger partial charge in [-0.3, -0.25) is 0 Å². The van der Waals surface area contributed by atoms with Crippen LogP contribution in [0.15, 0.2) is 12.1 Å². The van der Waals surface area contributed by atoms with Gasteiger partial charge in [0.15, 0.2) is 17.5 Å². The minimum absolute atomic E-state index is 0. The Bertz CT molecular complexity index is 398. The van der Waals surface area contributed by atoms with Gasteiger partial charge in [-0.05, 0) is 43.0 Å². The highest BCUT2D eigenvalue weighted by Gasteiger charge is 2.27. The standard InChI is InChI=1S/C12H14F3N.ClH/c1-7-6-16-5-4-8(7)9-2-3-10(13)12(15)11(9)14;/h2-3,7-8,16H,4-6H2,1H3;1H/t7-,8+;/m0./s1. The van der Waals surface area contributed by atoms with E-state index in [1.807, 2.05) is 6.92 Å². The van der Waals surface area contributed by atoms with Gasteiger partial charge in [-0.2, -0.15) is 0 Å². The Morgan fingerprint density at radius 3 is 2.53 bits per heavy atom. The van der Waals surface area contributed by atoms with Crippen LogP contribution in [0.3, 0.4) is 0 Å². The Morgan fingerprint density at radius 2 is 1.88 bits per heavy atom. The lowest BCUT2D eigenvalue weighted by molar-refractivity contribution is 0.334. The molecule has 0 saturated carbocycles. The molecule has 96 valence electrons. The third kappa shape index (κ3) is 2.75. The van der Waals surface area contributed by atoms with Gasteiger partial charge in [0.2, 0.25) is 0 Å². The van der Waals surface area contributed by atoms with Crippen LogP contribution in [-0.2, 0) is 0 Å². The number of hydrogen-bond acceptors (Lipinski definition) is 1. The number of rotatable bonds is 1. The predicted octanol–water partition coefficient (Wildman–Crippen LogP) is 3.24. The second kappa shape index (κ2) is 5.74. The smallest absolute Gasteiger partial charge is 0.194 e. The summed E-state index contributed by atoms with van der Waals surface area (Å²) < 4.78 is 39.5. The van der Waals surface area contributed by atoms with Crippen molar-refractivity contribution in [1.29, 1.82) is 0 Å². The van der Waals surface area contributed by atoms with Crippen molar-refractivity contribution in [1.82, 2.24) is 5.32 Å². The lowest BCUT2D eigenvalue weighted by atomic mass is 9.82. The van der Waals surface area contributed by atoms with E-state index in [2.05, 4.69) is 5.32 Å². The summed E-state index contributed by atoms with van der Waals surface area (Å²) in [6.45, 7) is 3.55. The largest absolute Gasteiger partial charge is 0.316 e. The van der Waals surface area contributed by atoms with Crippen LogP contribution in [0.1, 0.15) is 24.8 Å². The van der Waals surface area contributed by atoms with Crippen molar-refractivity contribution in [2.24, 2.45) is 5.92 Å². The molecule has 1 heterocycles. The zero-order valence-electron chi connectivity index (χ0n) is 9.47. The van der Waals surface area contributed by atoms with Crippen LogP contribution in [0, 0.1) is 23.4 Å². The van der Waals surface area contributed by atoms with E-state index in [9.17, 15) is 13.2 Å². The van der Waals surface area contributed by atoms with Gasteiger partial charge in [0.05, 0.1) is 0 Å². The van der Waals surface area contributed by atoms with Crippen molar-refractivity contribution in [2.75, 3.05) is 13.1 Å². The second-order valence-electron chi connectivity index (χ2n) is 4.34. The first-order valence-corrected chi connectivity index (χ1v) is 5.45. The van der Waals surface area contributed by atoms with Gasteiger partial charge in [-0.25, -0.2) is 13.2 Å². The molecule has 0 spiro atoms. The lowest BCUT2D eigenvalue weighted by Crippen LogP contribution is -2.34. The van der Waals surface area contributed by atoms with Crippen molar-refractivity contribution in [3.63, 3.8) is 0 Å². The molecular weight excluding hydrogens is 251 g/mol. The first-order valence-electron chi connectivity index (χ1n) is 5.45. The van der Waals surface area contributed by atoms with E-state index in [1.54, 1.807) is 0 Å². The predicted molar refractivity (Wildman–Crippen MR) is 63.0 cm³/mol. The van der Waals surface area contributed by atoms with E-state index >= 15 is 0 Å². The molecule has 0 bridgehead atoms. The van der Waals surface area contributed by atoms with E-state index in [-0.39, 0.29) is 24.2 Å². The summed E-state index contributed by atoms with van der Waals surface area (Å²) in [5.41, 5.74) is 0.299. The van der Waals surface area contributed by atoms with E-state index < -0.39 is 17.5 Å². The molecule has 1 aliphatic heterocycles. The molecule has 2 atom stereocenters. The number of piperidine rings is 1. The first kappa shape index (κ1) is 14.3. The van der Waals surface area contributed by atoms with E-state index in [0.717, 1.165) is 25.6 Å². The van der Waals surface area contributed by atoms with Crippen molar-refractivity contribution < 1.29 is 13.2 Å². The van der Waals surface area contributed by atoms with Crippen LogP contribution >= 0.6 is 12.4 Å². The van der Waals surface area contributed by atoms with Crippen molar-refractivity contribution in [2.45, 2.75) is 19.3 Å². The summed E-state index contributed by atoms with van der Waals surface area (Å²) in [7, 11) is 0. The minimum Gasteiger partial charge on any atom is -0.316 e. The van der Waals surface area contributed by atoms with Crippen LogP contribution in [0.4, 0.5) is 13.2 Å². The molecule has 1 saturated heterocycles. The zero-order chi connectivity index (χ0) is 11.7. The summed E-state index contributed by atoms with van der Waals surface area (Å²) in [6.07, 6.45) is 0.753. The monoisotopic (exact) mass is 265 g/mol. The number of hydrogen-bond donors (Lipinski definition) is 1. The fourth-order valence-electron chi connectivity index (χ4n) is 2.30. The average Bonchev–Trinajstić information content (AvgIpc) is 2.28. The summed E-state index contributed by atoms with van der Waals surface area (Å²) >= 11 is 0. The second-order valence-corrected chi connectivity index (χ2v) is 4.34. The Hall–Kier alpha value is -0.740. The Morgan fingerprint density at radius 1 is 1.18 bits per heavy atom. The molecule has 0 aromatic heterocycles. The van der Waals surface area contributed by atoms with Gasteiger partial charge in [0.25, 0.3) is 0 Å². The summed E-state index contributed by atoms with van der Waals surface area (Å²) in [4.78, 5) is 0.